The van der Waals surface area contributed by atoms with Crippen molar-refractivity contribution in [3.63, 3.8) is 0 Å². The number of nitrogens with zero attached hydrogens (tertiary/aromatic N) is 1. The number of rotatable bonds is 2. The van der Waals surface area contributed by atoms with E-state index >= 15 is 0 Å². The van der Waals surface area contributed by atoms with E-state index in [0.29, 0.717) is 0 Å². The van der Waals surface area contributed by atoms with Crippen molar-refractivity contribution < 1.29 is 0 Å². The third-order valence-corrected chi connectivity index (χ3v) is 3.88. The Kier molecular flexibility index (Phi) is 2.45. The van der Waals surface area contributed by atoms with Crippen LogP contribution in [-0.4, -0.2) is 23.3 Å². The zero-order valence-electron chi connectivity index (χ0n) is 6.12. The van der Waals surface area contributed by atoms with Crippen molar-refractivity contribution in [1.29, 1.82) is 0 Å². The van der Waals surface area contributed by atoms with Crippen molar-refractivity contribution in [2.45, 2.75) is 16.0 Å². The average molecular weight is 186 g/mol. The second-order valence-corrected chi connectivity index (χ2v) is 4.97. The lowest BCUT2D eigenvalue weighted by Crippen LogP contribution is -2.09. The van der Waals surface area contributed by atoms with E-state index in [9.17, 15) is 0 Å². The van der Waals surface area contributed by atoms with Gasteiger partial charge < -0.3 is 5.32 Å². The van der Waals surface area contributed by atoms with E-state index in [-0.39, 0.29) is 0 Å². The predicted octanol–water partition coefficient (Wildman–Crippen LogP) is 1.60. The van der Waals surface area contributed by atoms with E-state index in [2.05, 4.69) is 10.3 Å². The summed E-state index contributed by atoms with van der Waals surface area (Å²) < 4.78 is 1.21. The van der Waals surface area contributed by atoms with Gasteiger partial charge in [0.05, 0.1) is 0 Å². The molecule has 2 nitrogen and oxygen atoms in total. The van der Waals surface area contributed by atoms with Crippen molar-refractivity contribution in [2.75, 3.05) is 13.1 Å². The minimum Gasteiger partial charge on any atom is -0.316 e. The van der Waals surface area contributed by atoms with Crippen molar-refractivity contribution in [3.8, 4) is 0 Å². The molecule has 1 aliphatic rings. The molecule has 2 heterocycles. The predicted molar refractivity (Wildman–Crippen MR) is 49.2 cm³/mol. The van der Waals surface area contributed by atoms with Gasteiger partial charge in [0, 0.05) is 23.4 Å². The summed E-state index contributed by atoms with van der Waals surface area (Å²) in [4.78, 5) is 4.23. The Balaban J connectivity index is 1.90. The number of nitrogens with one attached hydrogen (secondary N) is 1. The highest BCUT2D eigenvalue weighted by molar-refractivity contribution is 8.01. The molecule has 0 saturated carbocycles. The highest BCUT2D eigenvalue weighted by Crippen LogP contribution is 2.27. The number of hydrogen-bond donors (Lipinski definition) is 1. The van der Waals surface area contributed by atoms with Crippen LogP contribution in [0.4, 0.5) is 0 Å². The van der Waals surface area contributed by atoms with Gasteiger partial charge in [0.2, 0.25) is 0 Å². The molecule has 11 heavy (non-hydrogen) atoms. The highest BCUT2D eigenvalue weighted by atomic mass is 32.2. The van der Waals surface area contributed by atoms with Crippen LogP contribution in [-0.2, 0) is 0 Å². The maximum absolute atomic E-state index is 4.23. The molecule has 1 N–H and O–H groups in total. The van der Waals surface area contributed by atoms with Crippen molar-refractivity contribution in [3.05, 3.63) is 11.6 Å². The molecule has 4 heteroatoms. The summed E-state index contributed by atoms with van der Waals surface area (Å²) in [6.45, 7) is 2.31. The van der Waals surface area contributed by atoms with E-state index in [1.807, 2.05) is 23.3 Å². The first kappa shape index (κ1) is 7.58. The summed E-state index contributed by atoms with van der Waals surface area (Å²) in [5.74, 6) is 0. The average Bonchev–Trinajstić information content (AvgIpc) is 2.60. The van der Waals surface area contributed by atoms with Gasteiger partial charge in [-0.15, -0.1) is 11.3 Å². The largest absolute Gasteiger partial charge is 0.316 e. The fourth-order valence-corrected chi connectivity index (χ4v) is 3.14. The molecule has 1 aliphatic heterocycles. The molecule has 0 radical (unpaired) electrons. The van der Waals surface area contributed by atoms with Gasteiger partial charge in [0.25, 0.3) is 0 Å². The molecule has 0 aromatic carbocycles. The van der Waals surface area contributed by atoms with Gasteiger partial charge in [-0.25, -0.2) is 4.98 Å². The van der Waals surface area contributed by atoms with Crippen LogP contribution in [0.1, 0.15) is 6.42 Å². The normalized spacial score (nSPS) is 24.2. The van der Waals surface area contributed by atoms with Crippen LogP contribution in [0.25, 0.3) is 0 Å². The Morgan fingerprint density at radius 3 is 3.36 bits per heavy atom. The molecule has 1 fully saturated rings. The number of thioether (sulfide) groups is 1. The summed E-state index contributed by atoms with van der Waals surface area (Å²) in [6, 6.07) is 0. The third-order valence-electron chi connectivity index (χ3n) is 1.69. The summed E-state index contributed by atoms with van der Waals surface area (Å²) in [7, 11) is 0. The molecule has 2 rings (SSSR count). The minimum absolute atomic E-state index is 0.751. The summed E-state index contributed by atoms with van der Waals surface area (Å²) in [5.41, 5.74) is 0. The molecular formula is C7H10N2S2. The molecular weight excluding hydrogens is 176 g/mol. The van der Waals surface area contributed by atoms with Gasteiger partial charge in [0.1, 0.15) is 4.34 Å². The molecule has 1 saturated heterocycles. The lowest BCUT2D eigenvalue weighted by molar-refractivity contribution is 0.858. The van der Waals surface area contributed by atoms with Gasteiger partial charge in [-0.2, -0.15) is 0 Å². The summed E-state index contributed by atoms with van der Waals surface area (Å²) in [5, 5.41) is 6.12. The molecule has 0 amide bonds. The van der Waals surface area contributed by atoms with Crippen LogP contribution in [0, 0.1) is 0 Å². The molecule has 0 unspecified atom stereocenters. The van der Waals surface area contributed by atoms with Crippen molar-refractivity contribution in [2.24, 2.45) is 0 Å². The Bertz CT molecular complexity index is 204. The van der Waals surface area contributed by atoms with Crippen molar-refractivity contribution in [1.82, 2.24) is 10.3 Å². The molecule has 1 aromatic heterocycles. The van der Waals surface area contributed by atoms with Crippen LogP contribution < -0.4 is 5.32 Å². The van der Waals surface area contributed by atoms with Gasteiger partial charge in [0.15, 0.2) is 0 Å². The smallest absolute Gasteiger partial charge is 0.150 e. The first-order valence-electron chi connectivity index (χ1n) is 3.72. The van der Waals surface area contributed by atoms with Crippen LogP contribution >= 0.6 is 23.1 Å². The molecule has 1 aromatic rings. The van der Waals surface area contributed by atoms with Gasteiger partial charge >= 0.3 is 0 Å². The summed E-state index contributed by atoms with van der Waals surface area (Å²) >= 11 is 3.64. The van der Waals surface area contributed by atoms with E-state index in [1.165, 1.54) is 17.3 Å². The topological polar surface area (TPSA) is 24.9 Å². The fourth-order valence-electron chi connectivity index (χ4n) is 1.14. The van der Waals surface area contributed by atoms with Gasteiger partial charge in [-0.3, -0.25) is 0 Å². The molecule has 60 valence electrons. The molecule has 0 spiro atoms. The number of aromatic nitrogens is 1. The van der Waals surface area contributed by atoms with Crippen LogP contribution in [0.5, 0.6) is 0 Å². The Morgan fingerprint density at radius 2 is 2.73 bits per heavy atom. The number of thiazole rings is 1. The Hall–Kier alpha value is -0.0600. The fraction of sp³-hybridized carbons (Fsp3) is 0.571. The molecule has 1 atom stereocenters. The van der Waals surface area contributed by atoms with Gasteiger partial charge in [-0.1, -0.05) is 11.8 Å². The third kappa shape index (κ3) is 1.95. The maximum atomic E-state index is 4.23. The quantitative estimate of drug-likeness (QED) is 0.759. The van der Waals surface area contributed by atoms with E-state index in [1.54, 1.807) is 11.3 Å². The first-order valence-corrected chi connectivity index (χ1v) is 5.48. The second-order valence-electron chi connectivity index (χ2n) is 2.53. The maximum Gasteiger partial charge on any atom is 0.150 e. The van der Waals surface area contributed by atoms with E-state index in [4.69, 9.17) is 0 Å². The van der Waals surface area contributed by atoms with Crippen LogP contribution in [0.3, 0.4) is 0 Å². The van der Waals surface area contributed by atoms with Crippen molar-refractivity contribution >= 4 is 23.1 Å². The summed E-state index contributed by atoms with van der Waals surface area (Å²) in [6.07, 6.45) is 3.15. The Labute approximate surface area is 74.4 Å². The lowest BCUT2D eigenvalue weighted by Gasteiger charge is -2.02. The van der Waals surface area contributed by atoms with Crippen LogP contribution in [0.15, 0.2) is 15.9 Å². The number of hydrogen-bond acceptors (Lipinski definition) is 4. The first-order chi connectivity index (χ1) is 5.45. The Morgan fingerprint density at radius 1 is 1.73 bits per heavy atom. The van der Waals surface area contributed by atoms with Crippen LogP contribution in [0.2, 0.25) is 0 Å². The minimum atomic E-state index is 0.751. The highest BCUT2D eigenvalue weighted by Gasteiger charge is 2.16. The molecule has 0 aliphatic carbocycles. The lowest BCUT2D eigenvalue weighted by atomic mass is 10.4. The standard InChI is InChI=1S/C7H10N2S2/c1-2-8-5-6(1)11-7-9-3-4-10-7/h3-4,6,8H,1-2,5H2/t6-/m1/s1. The zero-order valence-corrected chi connectivity index (χ0v) is 7.75. The zero-order chi connectivity index (χ0) is 7.52. The molecule has 0 bridgehead atoms. The van der Waals surface area contributed by atoms with E-state index < -0.39 is 0 Å². The second kappa shape index (κ2) is 3.56. The monoisotopic (exact) mass is 186 g/mol. The van der Waals surface area contributed by atoms with Gasteiger partial charge in [-0.05, 0) is 13.0 Å². The van der Waals surface area contributed by atoms with E-state index in [0.717, 1.165) is 11.8 Å². The SMILES string of the molecule is c1csc(S[C@@H]2CCNC2)n1.